The number of halogens is 1. The molecule has 0 unspecified atom stereocenters. The van der Waals surface area contributed by atoms with Crippen LogP contribution in [-0.2, 0) is 9.53 Å². The smallest absolute Gasteiger partial charge is 0.324 e. The van der Waals surface area contributed by atoms with E-state index < -0.39 is 11.6 Å². The van der Waals surface area contributed by atoms with Gasteiger partial charge in [0.25, 0.3) is 0 Å². The lowest BCUT2D eigenvalue weighted by Crippen LogP contribution is -2.45. The molecular formula is C14H23BrN2O4. The van der Waals surface area contributed by atoms with Crippen molar-refractivity contribution in [3.8, 4) is 0 Å². The van der Waals surface area contributed by atoms with Gasteiger partial charge in [-0.1, -0.05) is 13.8 Å². The van der Waals surface area contributed by atoms with E-state index in [0.717, 1.165) is 6.42 Å². The second-order valence-electron chi connectivity index (χ2n) is 6.19. The van der Waals surface area contributed by atoms with E-state index in [1.54, 1.807) is 0 Å². The average molecular weight is 363 g/mol. The van der Waals surface area contributed by atoms with Crippen molar-refractivity contribution in [3.63, 3.8) is 0 Å². The third kappa shape index (κ3) is 5.95. The zero-order valence-electron chi connectivity index (χ0n) is 12.9. The van der Waals surface area contributed by atoms with Crippen molar-refractivity contribution in [1.82, 2.24) is 10.2 Å². The van der Waals surface area contributed by atoms with Crippen molar-refractivity contribution in [1.29, 1.82) is 0 Å². The summed E-state index contributed by atoms with van der Waals surface area (Å²) in [5.41, 5.74) is -0.506. The number of urea groups is 1. The van der Waals surface area contributed by atoms with Crippen molar-refractivity contribution in [2.75, 3.05) is 13.1 Å². The summed E-state index contributed by atoms with van der Waals surface area (Å²) in [5, 5.41) is 11.7. The van der Waals surface area contributed by atoms with Crippen molar-refractivity contribution in [3.05, 3.63) is 10.4 Å². The normalized spacial score (nSPS) is 16.3. The fraction of sp³-hybridized carbons (Fsp3) is 0.714. The summed E-state index contributed by atoms with van der Waals surface area (Å²) in [6, 6.07) is -0.426. The third-order valence-corrected chi connectivity index (χ3v) is 3.60. The minimum absolute atomic E-state index is 0.121. The van der Waals surface area contributed by atoms with E-state index in [2.05, 4.69) is 35.1 Å². The van der Waals surface area contributed by atoms with E-state index in [1.165, 1.54) is 4.90 Å². The molecule has 1 aliphatic heterocycles. The van der Waals surface area contributed by atoms with Crippen LogP contribution in [0.5, 0.6) is 0 Å². The largest absolute Gasteiger partial charge is 0.494 e. The number of nitrogens with zero attached hydrogens (tertiary/aromatic N) is 1. The fourth-order valence-electron chi connectivity index (χ4n) is 2.35. The molecule has 21 heavy (non-hydrogen) atoms. The molecule has 120 valence electrons. The molecule has 0 spiro atoms. The number of carbonyl (C=O) groups excluding carboxylic acids is 2. The summed E-state index contributed by atoms with van der Waals surface area (Å²) < 4.78 is 5.93. The number of aliphatic hydroxyl groups is 1. The predicted octanol–water partition coefficient (Wildman–Crippen LogP) is 2.89. The first-order chi connectivity index (χ1) is 9.60. The second-order valence-corrected chi connectivity index (χ2v) is 7.14. The molecule has 0 aliphatic carbocycles. The van der Waals surface area contributed by atoms with Crippen LogP contribution in [0.25, 0.3) is 0 Å². The van der Waals surface area contributed by atoms with Crippen LogP contribution < -0.4 is 5.32 Å². The minimum Gasteiger partial charge on any atom is -0.494 e. The lowest BCUT2D eigenvalue weighted by molar-refractivity contribution is -0.157. The van der Waals surface area contributed by atoms with Crippen LogP contribution in [-0.4, -0.2) is 40.7 Å². The highest BCUT2D eigenvalue weighted by Crippen LogP contribution is 2.21. The molecule has 0 radical (unpaired) electrons. The first-order valence-corrected chi connectivity index (χ1v) is 7.75. The third-order valence-electron chi connectivity index (χ3n) is 2.97. The van der Waals surface area contributed by atoms with Gasteiger partial charge in [0.15, 0.2) is 0 Å². The quantitative estimate of drug-likeness (QED) is 0.712. The van der Waals surface area contributed by atoms with Crippen LogP contribution in [0.15, 0.2) is 10.4 Å². The van der Waals surface area contributed by atoms with Gasteiger partial charge in [0, 0.05) is 6.54 Å². The van der Waals surface area contributed by atoms with E-state index in [4.69, 9.17) is 4.74 Å². The molecule has 1 aliphatic rings. The van der Waals surface area contributed by atoms with Gasteiger partial charge in [-0.3, -0.25) is 10.1 Å². The minimum atomic E-state index is -0.506. The molecule has 0 atom stereocenters. The molecule has 6 nitrogen and oxygen atoms in total. The van der Waals surface area contributed by atoms with Gasteiger partial charge in [-0.15, -0.1) is 0 Å². The number of hydrogen-bond donors (Lipinski definition) is 2. The zero-order valence-corrected chi connectivity index (χ0v) is 14.5. The second kappa shape index (κ2) is 7.15. The fourth-order valence-corrected chi connectivity index (χ4v) is 2.76. The van der Waals surface area contributed by atoms with Crippen LogP contribution in [0.1, 0.15) is 40.5 Å². The Hall–Kier alpha value is -1.24. The van der Waals surface area contributed by atoms with Crippen molar-refractivity contribution < 1.29 is 19.4 Å². The summed E-state index contributed by atoms with van der Waals surface area (Å²) in [6.45, 7) is 8.39. The molecule has 2 N–H and O–H groups in total. The van der Waals surface area contributed by atoms with Gasteiger partial charge in [0.05, 0.1) is 17.4 Å². The van der Waals surface area contributed by atoms with Crippen LogP contribution >= 0.6 is 15.9 Å². The number of ether oxygens (including phenoxy) is 1. The van der Waals surface area contributed by atoms with Crippen molar-refractivity contribution in [2.24, 2.45) is 5.92 Å². The molecular weight excluding hydrogens is 340 g/mol. The monoisotopic (exact) mass is 362 g/mol. The first kappa shape index (κ1) is 17.8. The van der Waals surface area contributed by atoms with Crippen LogP contribution in [0.3, 0.4) is 0 Å². The van der Waals surface area contributed by atoms with E-state index in [1.807, 2.05) is 13.8 Å². The lowest BCUT2D eigenvalue weighted by Gasteiger charge is -2.29. The van der Waals surface area contributed by atoms with E-state index in [-0.39, 0.29) is 31.4 Å². The molecule has 1 heterocycles. The van der Waals surface area contributed by atoms with Gasteiger partial charge in [-0.05, 0) is 42.1 Å². The lowest BCUT2D eigenvalue weighted by atomic mass is 9.96. The maximum Gasteiger partial charge on any atom is 0.324 e. The Morgan fingerprint density at radius 1 is 1.52 bits per heavy atom. The van der Waals surface area contributed by atoms with Gasteiger partial charge in [-0.25, -0.2) is 4.79 Å². The van der Waals surface area contributed by atoms with Crippen LogP contribution in [0.4, 0.5) is 4.79 Å². The average Bonchev–Trinajstić information content (AvgIpc) is 2.29. The molecule has 1 rings (SSSR count). The Morgan fingerprint density at radius 2 is 2.14 bits per heavy atom. The van der Waals surface area contributed by atoms with Crippen molar-refractivity contribution in [2.45, 2.75) is 46.1 Å². The summed E-state index contributed by atoms with van der Waals surface area (Å²) >= 11 is 3.16. The Kier molecular flexibility index (Phi) is 6.07. The number of amides is 2. The Bertz CT molecular complexity index is 446. The summed E-state index contributed by atoms with van der Waals surface area (Å²) in [7, 11) is 0. The number of rotatable bonds is 6. The molecule has 0 aromatic heterocycles. The maximum atomic E-state index is 11.9. The molecule has 0 bridgehead atoms. The number of nitrogens with one attached hydrogen (secondary N) is 1. The Balaban J connectivity index is 2.45. The molecule has 0 fully saturated rings. The highest BCUT2D eigenvalue weighted by molar-refractivity contribution is 9.11. The van der Waals surface area contributed by atoms with E-state index in [0.29, 0.717) is 10.4 Å². The van der Waals surface area contributed by atoms with Gasteiger partial charge in [0.1, 0.15) is 5.60 Å². The number of esters is 1. The summed E-state index contributed by atoms with van der Waals surface area (Å²) in [4.78, 5) is 25.0. The van der Waals surface area contributed by atoms with Gasteiger partial charge < -0.3 is 14.7 Å². The predicted molar refractivity (Wildman–Crippen MR) is 82.9 cm³/mol. The molecule has 2 amide bonds. The summed E-state index contributed by atoms with van der Waals surface area (Å²) in [5.74, 6) is -0.0787. The van der Waals surface area contributed by atoms with Gasteiger partial charge in [-0.2, -0.15) is 0 Å². The van der Waals surface area contributed by atoms with E-state index >= 15 is 0 Å². The number of carbonyl (C=O) groups is 2. The van der Waals surface area contributed by atoms with E-state index in [9.17, 15) is 14.7 Å². The number of hydrogen-bond acceptors (Lipinski definition) is 4. The highest BCUT2D eigenvalue weighted by Gasteiger charge is 2.27. The molecule has 0 saturated heterocycles. The molecule has 0 aromatic carbocycles. The maximum absolute atomic E-state index is 11.9. The Labute approximate surface area is 133 Å². The first-order valence-electron chi connectivity index (χ1n) is 6.96. The topological polar surface area (TPSA) is 78.9 Å². The standard InChI is InChI=1S/C14H23BrN2O4/c1-9(2)7-14(3,4)21-11(18)5-6-17-8-10(15)12(19)16-13(17)20/h9,19H,5-8H2,1-4H3,(H,16,20). The van der Waals surface area contributed by atoms with Gasteiger partial charge in [0.2, 0.25) is 5.88 Å². The molecule has 0 saturated carbocycles. The summed E-state index contributed by atoms with van der Waals surface area (Å²) in [6.07, 6.45) is 0.904. The number of aliphatic hydroxyl groups excluding tert-OH is 1. The molecule has 0 aromatic rings. The van der Waals surface area contributed by atoms with Crippen LogP contribution in [0.2, 0.25) is 0 Å². The van der Waals surface area contributed by atoms with Crippen LogP contribution in [0, 0.1) is 5.92 Å². The Morgan fingerprint density at radius 3 is 2.71 bits per heavy atom. The van der Waals surface area contributed by atoms with Crippen molar-refractivity contribution >= 4 is 27.9 Å². The van der Waals surface area contributed by atoms with Gasteiger partial charge >= 0.3 is 12.0 Å². The highest BCUT2D eigenvalue weighted by atomic mass is 79.9. The SMILES string of the molecule is CC(C)CC(C)(C)OC(=O)CCN1CC(Br)=C(O)NC1=O. The zero-order chi connectivity index (χ0) is 16.2. The molecule has 7 heteroatoms.